The van der Waals surface area contributed by atoms with E-state index >= 15 is 0 Å². The zero-order valence-electron chi connectivity index (χ0n) is 12.2. The Hall–Kier alpha value is -1.98. The van der Waals surface area contributed by atoms with Gasteiger partial charge < -0.3 is 9.90 Å². The van der Waals surface area contributed by atoms with Gasteiger partial charge in [-0.1, -0.05) is 46.3 Å². The highest BCUT2D eigenvalue weighted by Gasteiger charge is 2.10. The van der Waals surface area contributed by atoms with Gasteiger partial charge in [0.15, 0.2) is 0 Å². The minimum Gasteiger partial charge on any atom is -0.550 e. The number of thiazole rings is 1. The van der Waals surface area contributed by atoms with Crippen LogP contribution in [0.5, 0.6) is 0 Å². The summed E-state index contributed by atoms with van der Waals surface area (Å²) in [5.41, 5.74) is 2.83. The number of fused-ring (bicyclic) bond motifs is 1. The molecule has 3 nitrogen and oxygen atoms in total. The fourth-order valence-corrected chi connectivity index (χ4v) is 3.68. The summed E-state index contributed by atoms with van der Waals surface area (Å²) in [6.07, 6.45) is 2.36. The van der Waals surface area contributed by atoms with Crippen LogP contribution in [0.1, 0.15) is 23.4 Å². The molecule has 2 aromatic carbocycles. The van der Waals surface area contributed by atoms with E-state index in [-0.39, 0.29) is 6.42 Å². The van der Waals surface area contributed by atoms with Crippen LogP contribution in [0, 0.1) is 0 Å². The first-order valence-corrected chi connectivity index (χ1v) is 8.75. The fraction of sp³-hybridized carbons (Fsp3) is 0.111. The number of carbonyl (C=O) groups is 1. The SMILES string of the molecule is O=C([O-])CC/C(=C\c1ccccc1Br)c1nc2ccccc2s1. The number of halogens is 1. The molecule has 0 fully saturated rings. The molecule has 0 spiro atoms. The third-order valence-electron chi connectivity index (χ3n) is 3.40. The molecule has 0 saturated heterocycles. The number of benzene rings is 2. The lowest BCUT2D eigenvalue weighted by atomic mass is 10.1. The Morgan fingerprint density at radius 1 is 1.13 bits per heavy atom. The standard InChI is InChI=1S/C18H14BrNO2S/c19-14-6-2-1-5-12(14)11-13(9-10-17(21)22)18-20-15-7-3-4-8-16(15)23-18/h1-8,11H,9-10H2,(H,21,22)/p-1/b13-11+. The van der Waals surface area contributed by atoms with E-state index in [4.69, 9.17) is 0 Å². The molecule has 1 heterocycles. The molecule has 1 aromatic heterocycles. The van der Waals surface area contributed by atoms with Gasteiger partial charge in [0.25, 0.3) is 0 Å². The highest BCUT2D eigenvalue weighted by atomic mass is 79.9. The van der Waals surface area contributed by atoms with Crippen LogP contribution in [0.25, 0.3) is 21.9 Å². The predicted octanol–water partition coefficient (Wildman–Crippen LogP) is 4.13. The summed E-state index contributed by atoms with van der Waals surface area (Å²) < 4.78 is 2.06. The molecule has 116 valence electrons. The smallest absolute Gasteiger partial charge is 0.120 e. The van der Waals surface area contributed by atoms with Crippen molar-refractivity contribution < 1.29 is 9.90 Å². The van der Waals surface area contributed by atoms with E-state index in [1.54, 1.807) is 11.3 Å². The van der Waals surface area contributed by atoms with E-state index in [0.29, 0.717) is 6.42 Å². The molecular weight excluding hydrogens is 374 g/mol. The molecule has 3 aromatic rings. The van der Waals surface area contributed by atoms with Crippen molar-refractivity contribution in [3.8, 4) is 0 Å². The average Bonchev–Trinajstić information content (AvgIpc) is 2.96. The normalized spacial score (nSPS) is 11.8. The van der Waals surface area contributed by atoms with Crippen LogP contribution in [0.2, 0.25) is 0 Å². The van der Waals surface area contributed by atoms with Gasteiger partial charge in [0.05, 0.1) is 10.2 Å². The largest absolute Gasteiger partial charge is 0.550 e. The first-order valence-electron chi connectivity index (χ1n) is 7.14. The monoisotopic (exact) mass is 386 g/mol. The number of carboxylic acids is 1. The number of para-hydroxylation sites is 1. The van der Waals surface area contributed by atoms with Gasteiger partial charge in [-0.05, 0) is 48.3 Å². The number of allylic oxidation sites excluding steroid dienone is 1. The molecule has 0 radical (unpaired) electrons. The first kappa shape index (κ1) is 15.9. The quantitative estimate of drug-likeness (QED) is 0.662. The summed E-state index contributed by atoms with van der Waals surface area (Å²) in [7, 11) is 0. The highest BCUT2D eigenvalue weighted by Crippen LogP contribution is 2.32. The van der Waals surface area contributed by atoms with Gasteiger partial charge in [-0.2, -0.15) is 0 Å². The van der Waals surface area contributed by atoms with Crippen LogP contribution >= 0.6 is 27.3 Å². The summed E-state index contributed by atoms with van der Waals surface area (Å²) in [5.74, 6) is -1.05. The maximum atomic E-state index is 10.9. The van der Waals surface area contributed by atoms with Crippen molar-refractivity contribution >= 4 is 55.1 Å². The van der Waals surface area contributed by atoms with Crippen LogP contribution in [0.4, 0.5) is 0 Å². The summed E-state index contributed by atoms with van der Waals surface area (Å²) in [6.45, 7) is 0. The van der Waals surface area contributed by atoms with E-state index < -0.39 is 5.97 Å². The number of carboxylic acid groups (broad SMARTS) is 1. The maximum absolute atomic E-state index is 10.9. The van der Waals surface area contributed by atoms with Crippen molar-refractivity contribution in [3.63, 3.8) is 0 Å². The Morgan fingerprint density at radius 2 is 1.87 bits per heavy atom. The molecule has 0 bridgehead atoms. The summed E-state index contributed by atoms with van der Waals surface area (Å²) >= 11 is 5.10. The van der Waals surface area contributed by atoms with E-state index in [1.165, 1.54) is 0 Å². The Balaban J connectivity index is 2.04. The van der Waals surface area contributed by atoms with Crippen molar-refractivity contribution in [2.24, 2.45) is 0 Å². The van der Waals surface area contributed by atoms with E-state index in [0.717, 1.165) is 30.8 Å². The van der Waals surface area contributed by atoms with Gasteiger partial charge in [0, 0.05) is 10.4 Å². The molecule has 0 unspecified atom stereocenters. The van der Waals surface area contributed by atoms with Crippen molar-refractivity contribution in [1.82, 2.24) is 4.98 Å². The number of hydrogen-bond acceptors (Lipinski definition) is 4. The number of rotatable bonds is 5. The average molecular weight is 387 g/mol. The molecule has 0 atom stereocenters. The second-order valence-corrected chi connectivity index (χ2v) is 6.93. The Morgan fingerprint density at radius 3 is 2.61 bits per heavy atom. The number of hydrogen-bond donors (Lipinski definition) is 0. The van der Waals surface area contributed by atoms with E-state index in [9.17, 15) is 9.90 Å². The zero-order valence-corrected chi connectivity index (χ0v) is 14.6. The summed E-state index contributed by atoms with van der Waals surface area (Å²) in [6, 6.07) is 15.7. The Labute approximate surface area is 146 Å². The van der Waals surface area contributed by atoms with Gasteiger partial charge in [-0.3, -0.25) is 0 Å². The topological polar surface area (TPSA) is 53.0 Å². The van der Waals surface area contributed by atoms with Crippen molar-refractivity contribution in [2.45, 2.75) is 12.8 Å². The number of carbonyl (C=O) groups excluding carboxylic acids is 1. The third kappa shape index (κ3) is 3.86. The number of aliphatic carboxylic acids is 1. The maximum Gasteiger partial charge on any atom is 0.120 e. The second kappa shape index (κ2) is 7.06. The van der Waals surface area contributed by atoms with Crippen LogP contribution in [-0.4, -0.2) is 11.0 Å². The van der Waals surface area contributed by atoms with Gasteiger partial charge in [-0.15, -0.1) is 11.3 Å². The number of aromatic nitrogens is 1. The minimum atomic E-state index is -1.05. The van der Waals surface area contributed by atoms with Gasteiger partial charge in [-0.25, -0.2) is 4.98 Å². The van der Waals surface area contributed by atoms with Crippen LogP contribution in [0.15, 0.2) is 53.0 Å². The van der Waals surface area contributed by atoms with Crippen LogP contribution in [0.3, 0.4) is 0 Å². The lowest BCUT2D eigenvalue weighted by molar-refractivity contribution is -0.305. The molecule has 5 heteroatoms. The van der Waals surface area contributed by atoms with Crippen molar-refractivity contribution in [3.05, 3.63) is 63.6 Å². The molecule has 0 aliphatic rings. The third-order valence-corrected chi connectivity index (χ3v) is 5.24. The molecule has 0 N–H and O–H groups in total. The predicted molar refractivity (Wildman–Crippen MR) is 95.9 cm³/mol. The fourth-order valence-electron chi connectivity index (χ4n) is 2.27. The Kier molecular flexibility index (Phi) is 4.88. The van der Waals surface area contributed by atoms with Gasteiger partial charge in [0.1, 0.15) is 5.01 Å². The number of nitrogens with zero attached hydrogens (tertiary/aromatic N) is 1. The van der Waals surface area contributed by atoms with Crippen LogP contribution in [-0.2, 0) is 4.79 Å². The molecule has 0 amide bonds. The molecule has 0 aliphatic carbocycles. The van der Waals surface area contributed by atoms with Crippen molar-refractivity contribution in [2.75, 3.05) is 0 Å². The summed E-state index contributed by atoms with van der Waals surface area (Å²) in [5, 5.41) is 11.7. The van der Waals surface area contributed by atoms with E-state index in [1.807, 2.05) is 54.6 Å². The molecule has 23 heavy (non-hydrogen) atoms. The molecule has 0 aliphatic heterocycles. The van der Waals surface area contributed by atoms with Gasteiger partial charge >= 0.3 is 0 Å². The van der Waals surface area contributed by atoms with Crippen LogP contribution < -0.4 is 5.11 Å². The minimum absolute atomic E-state index is 0.0216. The van der Waals surface area contributed by atoms with Crippen molar-refractivity contribution in [1.29, 1.82) is 0 Å². The lowest BCUT2D eigenvalue weighted by Gasteiger charge is -2.07. The molecular formula is C18H13BrNO2S-. The molecule has 0 saturated carbocycles. The summed E-state index contributed by atoms with van der Waals surface area (Å²) in [4.78, 5) is 15.5. The molecule has 3 rings (SSSR count). The highest BCUT2D eigenvalue weighted by molar-refractivity contribution is 9.10. The van der Waals surface area contributed by atoms with E-state index in [2.05, 4.69) is 20.9 Å². The zero-order chi connectivity index (χ0) is 16.2. The lowest BCUT2D eigenvalue weighted by Crippen LogP contribution is -2.21. The first-order chi connectivity index (χ1) is 11.1. The second-order valence-electron chi connectivity index (χ2n) is 5.05. The van der Waals surface area contributed by atoms with Gasteiger partial charge in [0.2, 0.25) is 0 Å². The Bertz CT molecular complexity index is 852.